The van der Waals surface area contributed by atoms with Crippen LogP contribution in [0.4, 0.5) is 0 Å². The van der Waals surface area contributed by atoms with E-state index in [-0.39, 0.29) is 0 Å². The summed E-state index contributed by atoms with van der Waals surface area (Å²) >= 11 is 0. The minimum absolute atomic E-state index is 0.295. The van der Waals surface area contributed by atoms with E-state index in [1.165, 1.54) is 0 Å². The Morgan fingerprint density at radius 3 is 2.12 bits per heavy atom. The molecular weight excluding hydrogens is 238 g/mol. The predicted octanol–water partition coefficient (Wildman–Crippen LogP) is -0.480. The van der Waals surface area contributed by atoms with Crippen LogP contribution in [0.15, 0.2) is 0 Å². The van der Waals surface area contributed by atoms with Crippen molar-refractivity contribution in [2.45, 2.75) is 24.9 Å². The molecule has 7 heteroatoms. The summed E-state index contributed by atoms with van der Waals surface area (Å²) in [7, 11) is 2.47. The quantitative estimate of drug-likeness (QED) is 0.345. The Hall–Kier alpha value is -0.0231. The molecule has 0 amide bonds. The maximum absolute atomic E-state index is 5.62. The lowest BCUT2D eigenvalue weighted by Gasteiger charge is -2.24. The summed E-state index contributed by atoms with van der Waals surface area (Å²) in [6.45, 7) is 2.13. The molecule has 0 rings (SSSR count). The Morgan fingerprint density at radius 2 is 1.71 bits per heavy atom. The number of nitrogens with two attached hydrogens (primary N) is 2. The van der Waals surface area contributed by atoms with E-state index >= 15 is 0 Å². The van der Waals surface area contributed by atoms with Gasteiger partial charge in [0.2, 0.25) is 0 Å². The summed E-state index contributed by atoms with van der Waals surface area (Å²) in [4.78, 5) is 0. The summed E-state index contributed by atoms with van der Waals surface area (Å²) in [5.41, 5.74) is 11.1. The van der Waals surface area contributed by atoms with E-state index in [0.717, 1.165) is 25.4 Å². The van der Waals surface area contributed by atoms with Crippen molar-refractivity contribution in [3.63, 3.8) is 0 Å². The Kier molecular flexibility index (Phi) is 9.94. The summed E-state index contributed by atoms with van der Waals surface area (Å²) in [5.74, 6) is 0. The molecule has 0 fully saturated rings. The molecule has 0 saturated heterocycles. The minimum atomic E-state index is -2.41. The van der Waals surface area contributed by atoms with Gasteiger partial charge in [-0.05, 0) is 25.9 Å². The van der Waals surface area contributed by atoms with Crippen LogP contribution < -0.4 is 16.8 Å². The zero-order chi connectivity index (χ0) is 13.1. The lowest BCUT2D eigenvalue weighted by atomic mass is 10.2. The van der Waals surface area contributed by atoms with Crippen molar-refractivity contribution < 1.29 is 13.3 Å². The van der Waals surface area contributed by atoms with E-state index in [4.69, 9.17) is 24.7 Å². The van der Waals surface area contributed by atoms with Gasteiger partial charge in [-0.15, -0.1) is 0 Å². The second-order valence-corrected chi connectivity index (χ2v) is 6.95. The Balaban J connectivity index is 3.81. The van der Waals surface area contributed by atoms with Crippen molar-refractivity contribution >= 4 is 8.80 Å². The molecule has 0 aromatic rings. The van der Waals surface area contributed by atoms with Gasteiger partial charge in [-0.2, -0.15) is 0 Å². The highest BCUT2D eigenvalue weighted by atomic mass is 28.4. The van der Waals surface area contributed by atoms with Crippen LogP contribution in [0.25, 0.3) is 0 Å². The van der Waals surface area contributed by atoms with Crippen molar-refractivity contribution in [3.05, 3.63) is 0 Å². The molecule has 0 heterocycles. The molecule has 0 aliphatic rings. The van der Waals surface area contributed by atoms with Gasteiger partial charge in [0.1, 0.15) is 0 Å². The molecular formula is C10H27N3O3Si. The van der Waals surface area contributed by atoms with Gasteiger partial charge in [0.05, 0.1) is 0 Å². The molecule has 0 bridgehead atoms. The van der Waals surface area contributed by atoms with Gasteiger partial charge in [0.25, 0.3) is 0 Å². The molecule has 0 aromatic carbocycles. The number of hydrogen-bond acceptors (Lipinski definition) is 6. The average Bonchev–Trinajstić information content (AvgIpc) is 2.38. The van der Waals surface area contributed by atoms with Crippen LogP contribution >= 0.6 is 0 Å². The highest BCUT2D eigenvalue weighted by Crippen LogP contribution is 2.14. The van der Waals surface area contributed by atoms with Gasteiger partial charge >= 0.3 is 8.80 Å². The molecule has 0 aromatic heterocycles. The second-order valence-electron chi connectivity index (χ2n) is 3.86. The molecule has 104 valence electrons. The molecule has 1 unspecified atom stereocenters. The minimum Gasteiger partial charge on any atom is -0.377 e. The van der Waals surface area contributed by atoms with E-state index in [0.29, 0.717) is 19.1 Å². The van der Waals surface area contributed by atoms with Crippen LogP contribution in [-0.4, -0.2) is 55.8 Å². The van der Waals surface area contributed by atoms with Gasteiger partial charge < -0.3 is 30.1 Å². The number of hydrogen-bond donors (Lipinski definition) is 3. The first-order chi connectivity index (χ1) is 8.17. The average molecular weight is 265 g/mol. The fraction of sp³-hybridized carbons (Fsp3) is 1.00. The third kappa shape index (κ3) is 6.46. The van der Waals surface area contributed by atoms with Gasteiger partial charge in [0.15, 0.2) is 0 Å². The largest absolute Gasteiger partial charge is 0.500 e. The first kappa shape index (κ1) is 17.0. The van der Waals surface area contributed by atoms with Crippen LogP contribution in [0.1, 0.15) is 12.8 Å². The lowest BCUT2D eigenvalue weighted by Crippen LogP contribution is -2.44. The Labute approximate surface area is 105 Å². The summed E-state index contributed by atoms with van der Waals surface area (Å²) in [6, 6.07) is 1.09. The van der Waals surface area contributed by atoms with Crippen LogP contribution in [-0.2, 0) is 13.3 Å². The van der Waals surface area contributed by atoms with Gasteiger partial charge in [0, 0.05) is 40.0 Å². The fourth-order valence-corrected chi connectivity index (χ4v) is 3.39. The molecule has 6 nitrogen and oxygen atoms in total. The van der Waals surface area contributed by atoms with E-state index in [9.17, 15) is 0 Å². The van der Waals surface area contributed by atoms with Crippen LogP contribution in [0, 0.1) is 0 Å². The molecule has 0 radical (unpaired) electrons. The van der Waals surface area contributed by atoms with Crippen molar-refractivity contribution in [1.29, 1.82) is 0 Å². The lowest BCUT2D eigenvalue weighted by molar-refractivity contribution is 0.123. The first-order valence-corrected chi connectivity index (χ1v) is 7.90. The zero-order valence-corrected chi connectivity index (χ0v) is 12.2. The highest BCUT2D eigenvalue weighted by molar-refractivity contribution is 6.60. The maximum atomic E-state index is 5.62. The van der Waals surface area contributed by atoms with Crippen molar-refractivity contribution in [1.82, 2.24) is 5.32 Å². The van der Waals surface area contributed by atoms with Gasteiger partial charge in [-0.3, -0.25) is 0 Å². The monoisotopic (exact) mass is 265 g/mol. The van der Waals surface area contributed by atoms with E-state index < -0.39 is 8.80 Å². The summed E-state index contributed by atoms with van der Waals surface area (Å²) in [6.07, 6.45) is 1.83. The maximum Gasteiger partial charge on any atom is 0.500 e. The second kappa shape index (κ2) is 9.95. The van der Waals surface area contributed by atoms with Gasteiger partial charge in [-0.25, -0.2) is 0 Å². The van der Waals surface area contributed by atoms with Crippen LogP contribution in [0.3, 0.4) is 0 Å². The SMILES string of the molecule is CO[Si](CCCNC(CN)CCN)(OC)OC. The van der Waals surface area contributed by atoms with E-state index in [2.05, 4.69) is 5.32 Å². The van der Waals surface area contributed by atoms with Crippen molar-refractivity contribution in [2.24, 2.45) is 11.5 Å². The molecule has 0 spiro atoms. The standard InChI is InChI=1S/C10H27N3O3Si/c1-14-17(15-2,16-3)8-4-7-13-10(9-12)5-6-11/h10,13H,4-9,11-12H2,1-3H3. The molecule has 0 aliphatic carbocycles. The van der Waals surface area contributed by atoms with Gasteiger partial charge in [-0.1, -0.05) is 0 Å². The Bertz CT molecular complexity index is 174. The van der Waals surface area contributed by atoms with Crippen molar-refractivity contribution in [2.75, 3.05) is 41.0 Å². The zero-order valence-electron chi connectivity index (χ0n) is 11.2. The molecule has 0 saturated carbocycles. The molecule has 17 heavy (non-hydrogen) atoms. The normalized spacial score (nSPS) is 13.9. The van der Waals surface area contributed by atoms with E-state index in [1.54, 1.807) is 21.3 Å². The molecule has 1 atom stereocenters. The van der Waals surface area contributed by atoms with E-state index in [1.807, 2.05) is 0 Å². The highest BCUT2D eigenvalue weighted by Gasteiger charge is 2.36. The molecule has 5 N–H and O–H groups in total. The smallest absolute Gasteiger partial charge is 0.377 e. The van der Waals surface area contributed by atoms with Crippen LogP contribution in [0.5, 0.6) is 0 Å². The summed E-state index contributed by atoms with van der Waals surface area (Å²) < 4.78 is 16.0. The molecule has 0 aliphatic heterocycles. The Morgan fingerprint density at radius 1 is 1.12 bits per heavy atom. The third-order valence-electron chi connectivity index (χ3n) is 2.83. The number of rotatable bonds is 11. The summed E-state index contributed by atoms with van der Waals surface area (Å²) in [5, 5.41) is 3.37. The topological polar surface area (TPSA) is 91.8 Å². The van der Waals surface area contributed by atoms with Crippen molar-refractivity contribution in [3.8, 4) is 0 Å². The first-order valence-electron chi connectivity index (χ1n) is 5.97. The third-order valence-corrected chi connectivity index (χ3v) is 5.66. The van der Waals surface area contributed by atoms with Crippen LogP contribution in [0.2, 0.25) is 6.04 Å². The fourth-order valence-electron chi connectivity index (χ4n) is 1.67. The number of nitrogens with one attached hydrogen (secondary N) is 1. The predicted molar refractivity (Wildman–Crippen MR) is 70.7 cm³/mol.